The second-order valence-electron chi connectivity index (χ2n) is 6.11. The summed E-state index contributed by atoms with van der Waals surface area (Å²) in [6, 6.07) is 3.75. The van der Waals surface area contributed by atoms with E-state index >= 15 is 0 Å². The predicted octanol–water partition coefficient (Wildman–Crippen LogP) is 2.08. The zero-order chi connectivity index (χ0) is 17.7. The van der Waals surface area contributed by atoms with E-state index in [1.807, 2.05) is 0 Å². The van der Waals surface area contributed by atoms with Crippen molar-refractivity contribution < 1.29 is 17.6 Å². The van der Waals surface area contributed by atoms with Gasteiger partial charge in [0.15, 0.2) is 0 Å². The number of benzene rings is 1. The highest BCUT2D eigenvalue weighted by Gasteiger charge is 2.24. The molecule has 1 heterocycles. The minimum Gasteiger partial charge on any atom is -0.339 e. The molecule has 0 spiro atoms. The van der Waals surface area contributed by atoms with Gasteiger partial charge in [-0.05, 0) is 50.0 Å². The molecule has 1 saturated heterocycles. The first-order valence-corrected chi connectivity index (χ1v) is 9.96. The van der Waals surface area contributed by atoms with Crippen molar-refractivity contribution in [2.75, 3.05) is 37.2 Å². The number of nitrogens with zero attached hydrogens (tertiary/aromatic N) is 1. The van der Waals surface area contributed by atoms with Crippen molar-refractivity contribution in [2.45, 2.75) is 19.8 Å². The van der Waals surface area contributed by atoms with E-state index in [4.69, 9.17) is 0 Å². The average molecular weight is 394 g/mol. The third-order valence-corrected chi connectivity index (χ3v) is 4.68. The number of sulfonamides is 1. The number of carbonyl (C=O) groups excluding carboxylic acids is 1. The molecule has 1 aromatic rings. The lowest BCUT2D eigenvalue weighted by molar-refractivity contribution is 0.0690. The summed E-state index contributed by atoms with van der Waals surface area (Å²) in [7, 11) is -3.61. The molecule has 1 amide bonds. The van der Waals surface area contributed by atoms with Crippen LogP contribution in [-0.2, 0) is 10.0 Å². The fourth-order valence-electron chi connectivity index (χ4n) is 2.81. The largest absolute Gasteiger partial charge is 0.339 e. The first kappa shape index (κ1) is 21.7. The van der Waals surface area contributed by atoms with Gasteiger partial charge in [-0.1, -0.05) is 6.92 Å². The molecule has 1 aliphatic heterocycles. The third kappa shape index (κ3) is 6.45. The monoisotopic (exact) mass is 393 g/mol. The molecule has 0 unspecified atom stereocenters. The molecule has 0 saturated carbocycles. The van der Waals surface area contributed by atoms with Gasteiger partial charge in [0.1, 0.15) is 5.82 Å². The topological polar surface area (TPSA) is 78.5 Å². The lowest BCUT2D eigenvalue weighted by Gasteiger charge is -2.32. The molecule has 142 valence electrons. The van der Waals surface area contributed by atoms with Crippen LogP contribution in [0.5, 0.6) is 0 Å². The fourth-order valence-corrected chi connectivity index (χ4v) is 3.36. The summed E-state index contributed by atoms with van der Waals surface area (Å²) in [6.07, 6.45) is 2.79. The summed E-state index contributed by atoms with van der Waals surface area (Å²) in [5.74, 6) is -0.348. The number of likely N-dealkylation sites (tertiary alicyclic amines) is 1. The Morgan fingerprint density at radius 3 is 2.52 bits per heavy atom. The number of hydrogen-bond acceptors (Lipinski definition) is 4. The van der Waals surface area contributed by atoms with E-state index in [9.17, 15) is 17.6 Å². The van der Waals surface area contributed by atoms with Gasteiger partial charge >= 0.3 is 0 Å². The van der Waals surface area contributed by atoms with Crippen LogP contribution in [0.15, 0.2) is 18.2 Å². The quantitative estimate of drug-likeness (QED) is 0.775. The Balaban J connectivity index is 0.00000312. The maximum atomic E-state index is 13.7. The van der Waals surface area contributed by atoms with Crippen LogP contribution in [0.4, 0.5) is 10.1 Å². The Bertz CT molecular complexity index is 692. The van der Waals surface area contributed by atoms with Crippen molar-refractivity contribution in [1.82, 2.24) is 10.2 Å². The standard InChI is InChI=1S/C16H24FN3O3S.ClH/c1-3-18-11-12-6-8-20(9-7-12)16(21)13-4-5-14(17)15(10-13)19-24(2,22)23;/h4-5,10,12,18-19H,3,6-9,11H2,1-2H3;1H. The highest BCUT2D eigenvalue weighted by Crippen LogP contribution is 2.22. The Labute approximate surface area is 154 Å². The fraction of sp³-hybridized carbons (Fsp3) is 0.562. The number of anilines is 1. The van der Waals surface area contributed by atoms with E-state index in [0.717, 1.165) is 38.3 Å². The molecular formula is C16H25ClFN3O3S. The normalized spacial score (nSPS) is 15.6. The molecule has 1 aliphatic rings. The molecule has 2 N–H and O–H groups in total. The minimum atomic E-state index is -3.61. The predicted molar refractivity (Wildman–Crippen MR) is 99.3 cm³/mol. The Morgan fingerprint density at radius 2 is 1.96 bits per heavy atom. The zero-order valence-electron chi connectivity index (χ0n) is 14.4. The van der Waals surface area contributed by atoms with Crippen LogP contribution >= 0.6 is 12.4 Å². The summed E-state index contributed by atoms with van der Waals surface area (Å²) < 4.78 is 38.4. The number of hydrogen-bond donors (Lipinski definition) is 2. The van der Waals surface area contributed by atoms with Gasteiger partial charge in [0.05, 0.1) is 11.9 Å². The highest BCUT2D eigenvalue weighted by molar-refractivity contribution is 7.92. The van der Waals surface area contributed by atoms with Gasteiger partial charge in [-0.25, -0.2) is 12.8 Å². The Hall–Kier alpha value is -1.38. The third-order valence-electron chi connectivity index (χ3n) is 4.09. The van der Waals surface area contributed by atoms with Gasteiger partial charge in [-0.3, -0.25) is 9.52 Å². The van der Waals surface area contributed by atoms with Crippen molar-refractivity contribution in [1.29, 1.82) is 0 Å². The maximum Gasteiger partial charge on any atom is 0.253 e. The average Bonchev–Trinajstić information content (AvgIpc) is 2.53. The van der Waals surface area contributed by atoms with Gasteiger partial charge in [0, 0.05) is 18.7 Å². The lowest BCUT2D eigenvalue weighted by Crippen LogP contribution is -2.40. The molecule has 0 bridgehead atoms. The highest BCUT2D eigenvalue weighted by atomic mass is 35.5. The minimum absolute atomic E-state index is 0. The van der Waals surface area contributed by atoms with Crippen molar-refractivity contribution in [2.24, 2.45) is 5.92 Å². The second kappa shape index (κ2) is 9.35. The summed E-state index contributed by atoms with van der Waals surface area (Å²) in [4.78, 5) is 14.3. The van der Waals surface area contributed by atoms with Gasteiger partial charge in [-0.2, -0.15) is 0 Å². The second-order valence-corrected chi connectivity index (χ2v) is 7.86. The first-order valence-electron chi connectivity index (χ1n) is 8.07. The smallest absolute Gasteiger partial charge is 0.253 e. The van der Waals surface area contributed by atoms with E-state index < -0.39 is 15.8 Å². The van der Waals surface area contributed by atoms with E-state index in [0.29, 0.717) is 19.0 Å². The van der Waals surface area contributed by atoms with Crippen LogP contribution in [0.1, 0.15) is 30.1 Å². The number of amides is 1. The SMILES string of the molecule is CCNCC1CCN(C(=O)c2ccc(F)c(NS(C)(=O)=O)c2)CC1.Cl. The summed E-state index contributed by atoms with van der Waals surface area (Å²) in [5, 5.41) is 3.32. The number of piperidine rings is 1. The van der Waals surface area contributed by atoms with E-state index in [2.05, 4.69) is 17.0 Å². The first-order chi connectivity index (χ1) is 11.3. The van der Waals surface area contributed by atoms with Crippen molar-refractivity contribution >= 4 is 34.0 Å². The maximum absolute atomic E-state index is 13.7. The van der Waals surface area contributed by atoms with E-state index in [1.54, 1.807) is 4.90 Å². The molecule has 2 rings (SSSR count). The van der Waals surface area contributed by atoms with Crippen LogP contribution in [0, 0.1) is 11.7 Å². The zero-order valence-corrected chi connectivity index (χ0v) is 16.1. The summed E-state index contributed by atoms with van der Waals surface area (Å²) in [6.45, 7) is 5.26. The number of rotatable bonds is 6. The molecule has 9 heteroatoms. The molecule has 1 fully saturated rings. The van der Waals surface area contributed by atoms with Crippen LogP contribution in [0.25, 0.3) is 0 Å². The van der Waals surface area contributed by atoms with Crippen LogP contribution in [0.3, 0.4) is 0 Å². The summed E-state index contributed by atoms with van der Waals surface area (Å²) in [5.41, 5.74) is 0.0815. The summed E-state index contributed by atoms with van der Waals surface area (Å²) >= 11 is 0. The molecule has 0 aliphatic carbocycles. The van der Waals surface area contributed by atoms with Crippen LogP contribution < -0.4 is 10.0 Å². The molecule has 6 nitrogen and oxygen atoms in total. The van der Waals surface area contributed by atoms with E-state index in [1.165, 1.54) is 12.1 Å². The van der Waals surface area contributed by atoms with Crippen LogP contribution in [0.2, 0.25) is 0 Å². The van der Waals surface area contributed by atoms with E-state index in [-0.39, 0.29) is 29.6 Å². The van der Waals surface area contributed by atoms with Crippen molar-refractivity contribution in [3.8, 4) is 0 Å². The lowest BCUT2D eigenvalue weighted by atomic mass is 9.96. The van der Waals surface area contributed by atoms with Crippen molar-refractivity contribution in [3.05, 3.63) is 29.6 Å². The van der Waals surface area contributed by atoms with Gasteiger partial charge < -0.3 is 10.2 Å². The molecule has 25 heavy (non-hydrogen) atoms. The number of halogens is 2. The van der Waals surface area contributed by atoms with Crippen molar-refractivity contribution in [3.63, 3.8) is 0 Å². The van der Waals surface area contributed by atoms with Crippen LogP contribution in [-0.4, -0.2) is 51.7 Å². The molecule has 0 radical (unpaired) electrons. The Kier molecular flexibility index (Phi) is 8.11. The van der Waals surface area contributed by atoms with Gasteiger partial charge in [0.2, 0.25) is 10.0 Å². The molecule has 1 aromatic carbocycles. The molecular weight excluding hydrogens is 369 g/mol. The number of nitrogens with one attached hydrogen (secondary N) is 2. The molecule has 0 aromatic heterocycles. The molecule has 0 atom stereocenters. The number of carbonyl (C=O) groups is 1. The Morgan fingerprint density at radius 1 is 1.32 bits per heavy atom. The van der Waals surface area contributed by atoms with Gasteiger partial charge in [-0.15, -0.1) is 12.4 Å². The van der Waals surface area contributed by atoms with Gasteiger partial charge in [0.25, 0.3) is 5.91 Å².